The zero-order chi connectivity index (χ0) is 13.6. The van der Waals surface area contributed by atoms with Gasteiger partial charge in [-0.3, -0.25) is 0 Å². The van der Waals surface area contributed by atoms with Crippen LogP contribution in [0.4, 0.5) is 0 Å². The van der Waals surface area contributed by atoms with Crippen molar-refractivity contribution in [3.8, 4) is 0 Å². The average molecular weight is 270 g/mol. The van der Waals surface area contributed by atoms with Crippen LogP contribution in [0.15, 0.2) is 11.8 Å². The topological polar surface area (TPSA) is 18.5 Å². The number of ether oxygens (including phenoxy) is 1. The summed E-state index contributed by atoms with van der Waals surface area (Å²) in [6, 6.07) is 0. The lowest BCUT2D eigenvalue weighted by molar-refractivity contribution is 0.0656. The first-order chi connectivity index (χ1) is 8.29. The maximum absolute atomic E-state index is 6.00. The van der Waals surface area contributed by atoms with Gasteiger partial charge in [-0.05, 0) is 45.0 Å². The van der Waals surface area contributed by atoms with E-state index < -0.39 is 8.32 Å². The highest BCUT2D eigenvalue weighted by atomic mass is 28.4. The van der Waals surface area contributed by atoms with Crippen LogP contribution in [0.1, 0.15) is 46.0 Å². The van der Waals surface area contributed by atoms with E-state index in [-0.39, 0.29) is 5.41 Å². The summed E-state index contributed by atoms with van der Waals surface area (Å²) in [6.07, 6.45) is 8.51. The lowest BCUT2D eigenvalue weighted by Crippen LogP contribution is -2.34. The second-order valence-electron chi connectivity index (χ2n) is 7.12. The first-order valence-corrected chi connectivity index (χ1v) is 10.7. The lowest BCUT2D eigenvalue weighted by atomic mass is 9.96. The Hall–Kier alpha value is -0.283. The van der Waals surface area contributed by atoms with Crippen LogP contribution in [0.3, 0.4) is 0 Å². The molecule has 106 valence electrons. The van der Waals surface area contributed by atoms with E-state index in [1.807, 2.05) is 0 Å². The molecule has 0 unspecified atom stereocenters. The Bertz CT molecular complexity index is 277. The Morgan fingerprint density at radius 1 is 1.11 bits per heavy atom. The van der Waals surface area contributed by atoms with Crippen molar-refractivity contribution in [1.29, 1.82) is 0 Å². The van der Waals surface area contributed by atoms with Gasteiger partial charge in [0.2, 0.25) is 0 Å². The smallest absolute Gasteiger partial charge is 0.183 e. The van der Waals surface area contributed by atoms with E-state index >= 15 is 0 Å². The maximum Gasteiger partial charge on any atom is 0.183 e. The second-order valence-corrected chi connectivity index (χ2v) is 11.6. The Balaban J connectivity index is 2.33. The standard InChI is InChI=1S/C15H30O2Si/c1-15(2,13-17-18(3,4)5)12-16-14-10-8-6-7-9-11-14/h10H,6-9,11-13H2,1-5H3. The van der Waals surface area contributed by atoms with E-state index in [0.29, 0.717) is 0 Å². The molecule has 2 nitrogen and oxygen atoms in total. The summed E-state index contributed by atoms with van der Waals surface area (Å²) in [6.45, 7) is 12.7. The summed E-state index contributed by atoms with van der Waals surface area (Å²) in [5.41, 5.74) is 0.105. The molecule has 0 aromatic carbocycles. The summed E-state index contributed by atoms with van der Waals surface area (Å²) >= 11 is 0. The van der Waals surface area contributed by atoms with Crippen molar-refractivity contribution >= 4 is 8.32 Å². The molecule has 0 saturated heterocycles. The molecule has 0 aromatic rings. The van der Waals surface area contributed by atoms with Crippen LogP contribution < -0.4 is 0 Å². The van der Waals surface area contributed by atoms with Crippen molar-refractivity contribution in [2.45, 2.75) is 65.6 Å². The molecule has 1 aliphatic carbocycles. The Kier molecular flexibility index (Phi) is 5.92. The molecule has 0 aromatic heterocycles. The fourth-order valence-corrected chi connectivity index (χ4v) is 2.68. The zero-order valence-electron chi connectivity index (χ0n) is 12.8. The normalized spacial score (nSPS) is 18.2. The molecular formula is C15H30O2Si. The van der Waals surface area contributed by atoms with Gasteiger partial charge in [0.25, 0.3) is 0 Å². The molecule has 0 N–H and O–H groups in total. The van der Waals surface area contributed by atoms with E-state index in [4.69, 9.17) is 9.16 Å². The van der Waals surface area contributed by atoms with Gasteiger partial charge in [-0.25, -0.2) is 0 Å². The summed E-state index contributed by atoms with van der Waals surface area (Å²) in [7, 11) is -1.41. The number of allylic oxidation sites excluding steroid dienone is 2. The van der Waals surface area contributed by atoms with E-state index in [9.17, 15) is 0 Å². The number of hydrogen-bond acceptors (Lipinski definition) is 2. The van der Waals surface area contributed by atoms with Gasteiger partial charge >= 0.3 is 0 Å². The molecule has 0 spiro atoms. The molecule has 0 bridgehead atoms. The van der Waals surface area contributed by atoms with E-state index in [0.717, 1.165) is 19.6 Å². The second kappa shape index (κ2) is 6.76. The first kappa shape index (κ1) is 15.8. The summed E-state index contributed by atoms with van der Waals surface area (Å²) < 4.78 is 12.0. The molecule has 0 radical (unpaired) electrons. The van der Waals surface area contributed by atoms with Crippen LogP contribution in [0.25, 0.3) is 0 Å². The molecule has 18 heavy (non-hydrogen) atoms. The minimum Gasteiger partial charge on any atom is -0.498 e. The number of hydrogen-bond donors (Lipinski definition) is 0. The van der Waals surface area contributed by atoms with Gasteiger partial charge < -0.3 is 9.16 Å². The largest absolute Gasteiger partial charge is 0.498 e. The van der Waals surface area contributed by atoms with Crippen LogP contribution in [0.2, 0.25) is 19.6 Å². The Labute approximate surface area is 114 Å². The molecule has 0 atom stereocenters. The molecule has 0 fully saturated rings. The van der Waals surface area contributed by atoms with Crippen molar-refractivity contribution in [2.75, 3.05) is 13.2 Å². The third-order valence-corrected chi connectivity index (χ3v) is 4.05. The fraction of sp³-hybridized carbons (Fsp3) is 0.867. The summed E-state index contributed by atoms with van der Waals surface area (Å²) in [5.74, 6) is 1.20. The highest BCUT2D eigenvalue weighted by Crippen LogP contribution is 2.23. The van der Waals surface area contributed by atoms with Crippen LogP contribution in [0.5, 0.6) is 0 Å². The minimum absolute atomic E-state index is 0.105. The quantitative estimate of drug-likeness (QED) is 0.650. The van der Waals surface area contributed by atoms with E-state index in [1.54, 1.807) is 0 Å². The van der Waals surface area contributed by atoms with Crippen molar-refractivity contribution in [3.05, 3.63) is 11.8 Å². The SMILES string of the molecule is CC(C)(COC1=CCCCCC1)CO[Si](C)(C)C. The minimum atomic E-state index is -1.41. The van der Waals surface area contributed by atoms with Crippen molar-refractivity contribution in [3.63, 3.8) is 0 Å². The first-order valence-electron chi connectivity index (χ1n) is 7.24. The van der Waals surface area contributed by atoms with Gasteiger partial charge in [-0.1, -0.05) is 20.3 Å². The van der Waals surface area contributed by atoms with Crippen LogP contribution >= 0.6 is 0 Å². The van der Waals surface area contributed by atoms with Gasteiger partial charge in [-0.15, -0.1) is 0 Å². The highest BCUT2D eigenvalue weighted by Gasteiger charge is 2.24. The molecule has 0 saturated carbocycles. The monoisotopic (exact) mass is 270 g/mol. The van der Waals surface area contributed by atoms with Crippen molar-refractivity contribution in [2.24, 2.45) is 5.41 Å². The van der Waals surface area contributed by atoms with E-state index in [1.165, 1.54) is 31.4 Å². The van der Waals surface area contributed by atoms with Gasteiger partial charge in [-0.2, -0.15) is 0 Å². The van der Waals surface area contributed by atoms with Crippen LogP contribution in [-0.4, -0.2) is 21.5 Å². The molecule has 1 aliphatic rings. The highest BCUT2D eigenvalue weighted by molar-refractivity contribution is 6.69. The third-order valence-electron chi connectivity index (χ3n) is 3.04. The van der Waals surface area contributed by atoms with Gasteiger partial charge in [0, 0.05) is 18.4 Å². The zero-order valence-corrected chi connectivity index (χ0v) is 13.8. The number of rotatable bonds is 6. The van der Waals surface area contributed by atoms with Gasteiger partial charge in [0.1, 0.15) is 0 Å². The van der Waals surface area contributed by atoms with Crippen molar-refractivity contribution in [1.82, 2.24) is 0 Å². The molecule has 0 amide bonds. The van der Waals surface area contributed by atoms with Crippen LogP contribution in [-0.2, 0) is 9.16 Å². The van der Waals surface area contributed by atoms with Gasteiger partial charge in [0.15, 0.2) is 8.32 Å². The Morgan fingerprint density at radius 3 is 2.50 bits per heavy atom. The average Bonchev–Trinajstić information content (AvgIpc) is 2.51. The predicted molar refractivity (Wildman–Crippen MR) is 80.2 cm³/mol. The predicted octanol–water partition coefficient (Wildman–Crippen LogP) is 4.73. The fourth-order valence-electron chi connectivity index (χ4n) is 1.86. The molecule has 3 heteroatoms. The van der Waals surface area contributed by atoms with Crippen molar-refractivity contribution < 1.29 is 9.16 Å². The Morgan fingerprint density at radius 2 is 1.83 bits per heavy atom. The van der Waals surface area contributed by atoms with E-state index in [2.05, 4.69) is 39.6 Å². The molecule has 0 heterocycles. The van der Waals surface area contributed by atoms with Gasteiger partial charge in [0.05, 0.1) is 12.4 Å². The summed E-state index contributed by atoms with van der Waals surface area (Å²) in [5, 5.41) is 0. The molecule has 1 rings (SSSR count). The maximum atomic E-state index is 6.00. The lowest BCUT2D eigenvalue weighted by Gasteiger charge is -2.29. The third kappa shape index (κ3) is 7.22. The molecular weight excluding hydrogens is 240 g/mol. The van der Waals surface area contributed by atoms with Crippen LogP contribution in [0, 0.1) is 5.41 Å². The summed E-state index contributed by atoms with van der Waals surface area (Å²) in [4.78, 5) is 0. The molecule has 0 aliphatic heterocycles.